The minimum Gasteiger partial charge on any atom is -0.392 e. The maximum atomic E-state index is 10.2. The van der Waals surface area contributed by atoms with Crippen molar-refractivity contribution in [1.29, 1.82) is 0 Å². The predicted octanol–water partition coefficient (Wildman–Crippen LogP) is 2.83. The normalized spacial score (nSPS) is 53.8. The Hall–Kier alpha value is -0.0400. The molecule has 1 N–H and O–H groups in total. The first-order valence-electron chi connectivity index (χ1n) is 5.55. The summed E-state index contributed by atoms with van der Waals surface area (Å²) < 4.78 is 0. The fourth-order valence-electron chi connectivity index (χ4n) is 4.22. The maximum Gasteiger partial charge on any atom is 0.0622 e. The lowest BCUT2D eigenvalue weighted by molar-refractivity contribution is -0.160. The molecule has 1 nitrogen and oxygen atoms in total. The quantitative estimate of drug-likeness (QED) is 0.611. The van der Waals surface area contributed by atoms with Crippen LogP contribution in [-0.2, 0) is 0 Å². The van der Waals surface area contributed by atoms with E-state index < -0.39 is 0 Å². The fourth-order valence-corrected chi connectivity index (χ4v) is 4.22. The van der Waals surface area contributed by atoms with Crippen LogP contribution in [0.15, 0.2) is 0 Å². The van der Waals surface area contributed by atoms with E-state index in [1.807, 2.05) is 0 Å². The summed E-state index contributed by atoms with van der Waals surface area (Å²) in [6.45, 7) is 9.24. The predicted molar refractivity (Wildman–Crippen MR) is 54.4 cm³/mol. The molecule has 0 saturated heterocycles. The van der Waals surface area contributed by atoms with Gasteiger partial charge in [0, 0.05) is 0 Å². The van der Waals surface area contributed by atoms with Crippen molar-refractivity contribution in [3.8, 4) is 0 Å². The van der Waals surface area contributed by atoms with Gasteiger partial charge in [-0.2, -0.15) is 0 Å². The van der Waals surface area contributed by atoms with Crippen molar-refractivity contribution in [3.63, 3.8) is 0 Å². The summed E-state index contributed by atoms with van der Waals surface area (Å²) in [7, 11) is 0. The van der Waals surface area contributed by atoms with Crippen molar-refractivity contribution in [3.05, 3.63) is 0 Å². The summed E-state index contributed by atoms with van der Waals surface area (Å²) in [6, 6.07) is 0. The smallest absolute Gasteiger partial charge is 0.0622 e. The second-order valence-corrected chi connectivity index (χ2v) is 6.27. The summed E-state index contributed by atoms with van der Waals surface area (Å²) in [4.78, 5) is 0. The molecule has 0 aromatic rings. The topological polar surface area (TPSA) is 20.2 Å². The molecule has 13 heavy (non-hydrogen) atoms. The molecule has 0 spiro atoms. The summed E-state index contributed by atoms with van der Waals surface area (Å²) in [6.07, 6.45) is 3.70. The van der Waals surface area contributed by atoms with E-state index in [1.54, 1.807) is 0 Å². The van der Waals surface area contributed by atoms with Gasteiger partial charge in [-0.05, 0) is 41.9 Å². The minimum atomic E-state index is -0.0562. The first kappa shape index (κ1) is 9.51. The van der Waals surface area contributed by atoms with Crippen LogP contribution in [0, 0.1) is 22.7 Å². The third-order valence-corrected chi connectivity index (χ3v) is 4.74. The minimum absolute atomic E-state index is 0.0562. The van der Waals surface area contributed by atoms with Crippen LogP contribution in [0.4, 0.5) is 0 Å². The molecule has 4 unspecified atom stereocenters. The molecular weight excluding hydrogens is 160 g/mol. The van der Waals surface area contributed by atoms with Crippen LogP contribution in [0.2, 0.25) is 0 Å². The third-order valence-electron chi connectivity index (χ3n) is 4.74. The van der Waals surface area contributed by atoms with Crippen LogP contribution in [0.1, 0.15) is 47.0 Å². The van der Waals surface area contributed by atoms with Crippen LogP contribution in [0.5, 0.6) is 0 Å². The van der Waals surface area contributed by atoms with Gasteiger partial charge >= 0.3 is 0 Å². The van der Waals surface area contributed by atoms with Gasteiger partial charge < -0.3 is 5.11 Å². The van der Waals surface area contributed by atoms with Crippen molar-refractivity contribution in [1.82, 2.24) is 0 Å². The van der Waals surface area contributed by atoms with E-state index >= 15 is 0 Å². The van der Waals surface area contributed by atoms with E-state index in [0.717, 1.165) is 5.92 Å². The molecule has 0 heterocycles. The van der Waals surface area contributed by atoms with E-state index in [0.29, 0.717) is 11.3 Å². The molecule has 76 valence electrons. The molecule has 0 aliphatic heterocycles. The maximum absolute atomic E-state index is 10.2. The standard InChI is InChI=1S/C12H22O/c1-8-9-5-6-12(4,10(8)13)7-11(9,2)3/h8-10,13H,5-7H2,1-4H3. The average molecular weight is 182 g/mol. The van der Waals surface area contributed by atoms with Crippen molar-refractivity contribution < 1.29 is 5.11 Å². The number of aliphatic hydroxyl groups is 1. The fraction of sp³-hybridized carbons (Fsp3) is 1.00. The molecular formula is C12H22O. The zero-order valence-corrected chi connectivity index (χ0v) is 9.30. The van der Waals surface area contributed by atoms with E-state index in [9.17, 15) is 5.11 Å². The Morgan fingerprint density at radius 3 is 2.31 bits per heavy atom. The Kier molecular flexibility index (Phi) is 1.83. The summed E-state index contributed by atoms with van der Waals surface area (Å²) in [5.41, 5.74) is 0.656. The van der Waals surface area contributed by atoms with Crippen LogP contribution in [0.25, 0.3) is 0 Å². The summed E-state index contributed by atoms with van der Waals surface area (Å²) in [5.74, 6) is 1.24. The molecule has 3 fully saturated rings. The van der Waals surface area contributed by atoms with Crippen LogP contribution >= 0.6 is 0 Å². The summed E-state index contributed by atoms with van der Waals surface area (Å²) in [5, 5.41) is 10.2. The van der Waals surface area contributed by atoms with Crippen LogP contribution in [-0.4, -0.2) is 11.2 Å². The first-order valence-corrected chi connectivity index (χ1v) is 5.55. The van der Waals surface area contributed by atoms with Gasteiger partial charge in [-0.3, -0.25) is 0 Å². The monoisotopic (exact) mass is 182 g/mol. The second kappa shape index (κ2) is 2.50. The average Bonchev–Trinajstić information content (AvgIpc) is 1.97. The van der Waals surface area contributed by atoms with E-state index in [1.165, 1.54) is 19.3 Å². The zero-order chi connectivity index (χ0) is 9.85. The Bertz CT molecular complexity index is 221. The van der Waals surface area contributed by atoms with Gasteiger partial charge in [-0.1, -0.05) is 27.7 Å². The molecule has 2 bridgehead atoms. The third kappa shape index (κ3) is 1.16. The van der Waals surface area contributed by atoms with Crippen molar-refractivity contribution in [2.45, 2.75) is 53.1 Å². The summed E-state index contributed by atoms with van der Waals surface area (Å²) >= 11 is 0. The molecule has 4 atom stereocenters. The molecule has 3 saturated carbocycles. The number of hydrogen-bond donors (Lipinski definition) is 1. The van der Waals surface area contributed by atoms with Gasteiger partial charge in [-0.15, -0.1) is 0 Å². The number of rotatable bonds is 0. The van der Waals surface area contributed by atoms with E-state index in [2.05, 4.69) is 27.7 Å². The highest BCUT2D eigenvalue weighted by Gasteiger charge is 2.55. The van der Waals surface area contributed by atoms with E-state index in [-0.39, 0.29) is 11.5 Å². The Balaban J connectivity index is 2.34. The van der Waals surface area contributed by atoms with Gasteiger partial charge in [0.1, 0.15) is 0 Å². The van der Waals surface area contributed by atoms with Gasteiger partial charge in [0.05, 0.1) is 6.10 Å². The van der Waals surface area contributed by atoms with Gasteiger partial charge in [0.25, 0.3) is 0 Å². The van der Waals surface area contributed by atoms with Crippen molar-refractivity contribution in [2.24, 2.45) is 22.7 Å². The molecule has 0 radical (unpaired) electrons. The molecule has 1 heteroatoms. The van der Waals surface area contributed by atoms with Crippen LogP contribution < -0.4 is 0 Å². The van der Waals surface area contributed by atoms with E-state index in [4.69, 9.17) is 0 Å². The highest BCUT2D eigenvalue weighted by atomic mass is 16.3. The Morgan fingerprint density at radius 1 is 1.23 bits per heavy atom. The SMILES string of the molecule is CC1C2CCC(C)(CC2(C)C)C1O. The highest BCUT2D eigenvalue weighted by Crippen LogP contribution is 2.60. The lowest BCUT2D eigenvalue weighted by Crippen LogP contribution is -2.56. The largest absolute Gasteiger partial charge is 0.392 e. The Morgan fingerprint density at radius 2 is 1.85 bits per heavy atom. The highest BCUT2D eigenvalue weighted by molar-refractivity contribution is 5.05. The molecule has 3 aliphatic rings. The number of fused-ring (bicyclic) bond motifs is 3. The second-order valence-electron chi connectivity index (χ2n) is 6.27. The number of hydrogen-bond acceptors (Lipinski definition) is 1. The van der Waals surface area contributed by atoms with Gasteiger partial charge in [0.2, 0.25) is 0 Å². The lowest BCUT2D eigenvalue weighted by Gasteiger charge is -2.59. The van der Waals surface area contributed by atoms with Crippen molar-refractivity contribution >= 4 is 0 Å². The first-order chi connectivity index (χ1) is 5.87. The Labute approximate surface area is 81.5 Å². The zero-order valence-electron chi connectivity index (χ0n) is 9.30. The van der Waals surface area contributed by atoms with Gasteiger partial charge in [-0.25, -0.2) is 0 Å². The molecule has 3 aliphatic carbocycles. The molecule has 3 rings (SSSR count). The molecule has 0 aromatic heterocycles. The number of aliphatic hydroxyl groups excluding tert-OH is 1. The molecule has 0 aromatic carbocycles. The van der Waals surface area contributed by atoms with Crippen molar-refractivity contribution in [2.75, 3.05) is 0 Å². The lowest BCUT2D eigenvalue weighted by atomic mass is 9.47. The van der Waals surface area contributed by atoms with Gasteiger partial charge in [0.15, 0.2) is 0 Å². The molecule has 0 amide bonds. The van der Waals surface area contributed by atoms with Crippen LogP contribution in [0.3, 0.4) is 0 Å².